The van der Waals surface area contributed by atoms with Crippen LogP contribution in [-0.2, 0) is 19.6 Å². The third-order valence-corrected chi connectivity index (χ3v) is 4.94. The molecular weight excluding hydrogens is 341 g/mol. The third-order valence-electron chi connectivity index (χ3n) is 4.18. The summed E-state index contributed by atoms with van der Waals surface area (Å²) in [4.78, 5) is 14.9. The average molecular weight is 359 g/mol. The van der Waals surface area contributed by atoms with Crippen LogP contribution in [0.3, 0.4) is 0 Å². The summed E-state index contributed by atoms with van der Waals surface area (Å²) < 4.78 is 21.5. The first kappa shape index (κ1) is 16.2. The Labute approximate surface area is 148 Å². The fourth-order valence-corrected chi connectivity index (χ4v) is 3.72. The quantitative estimate of drug-likeness (QED) is 0.701. The molecule has 3 aromatic heterocycles. The monoisotopic (exact) mass is 359 g/mol. The van der Waals surface area contributed by atoms with E-state index in [1.165, 1.54) is 18.0 Å². The summed E-state index contributed by atoms with van der Waals surface area (Å²) in [5, 5.41) is 3.07. The Morgan fingerprint density at radius 3 is 3.08 bits per heavy atom. The second-order valence-electron chi connectivity index (χ2n) is 6.10. The lowest BCUT2D eigenvalue weighted by Crippen LogP contribution is -2.30. The van der Waals surface area contributed by atoms with Crippen molar-refractivity contribution in [2.45, 2.75) is 19.6 Å². The van der Waals surface area contributed by atoms with E-state index in [0.717, 1.165) is 31.2 Å². The largest absolute Gasteiger partial charge is 0.475 e. The van der Waals surface area contributed by atoms with E-state index in [2.05, 4.69) is 24.4 Å². The van der Waals surface area contributed by atoms with Crippen LogP contribution in [0.25, 0.3) is 0 Å². The molecule has 3 aromatic rings. The van der Waals surface area contributed by atoms with Crippen LogP contribution in [-0.4, -0.2) is 37.6 Å². The van der Waals surface area contributed by atoms with Crippen molar-refractivity contribution >= 4 is 11.3 Å². The van der Waals surface area contributed by atoms with Gasteiger partial charge in [0.1, 0.15) is 5.01 Å². The zero-order chi connectivity index (χ0) is 17.1. The highest BCUT2D eigenvalue weighted by atomic mass is 32.1. The first-order valence-electron chi connectivity index (χ1n) is 8.11. The lowest BCUT2D eigenvalue weighted by atomic mass is 10.1. The number of ether oxygens (including phenoxy) is 1. The lowest BCUT2D eigenvalue weighted by molar-refractivity contribution is 0.161. The molecule has 0 N–H and O–H groups in total. The zero-order valence-electron chi connectivity index (χ0n) is 13.6. The number of halogens is 1. The molecule has 0 fully saturated rings. The number of aromatic nitrogens is 4. The summed E-state index contributed by atoms with van der Waals surface area (Å²) in [7, 11) is 0. The molecular formula is C17H18FN5OS. The maximum atomic E-state index is 13.7. The van der Waals surface area contributed by atoms with E-state index in [9.17, 15) is 4.39 Å². The van der Waals surface area contributed by atoms with Crippen molar-refractivity contribution in [3.63, 3.8) is 0 Å². The maximum Gasteiger partial charge on any atom is 0.250 e. The van der Waals surface area contributed by atoms with E-state index in [-0.39, 0.29) is 11.8 Å². The minimum absolute atomic E-state index is 0.0593. The average Bonchev–Trinajstić information content (AvgIpc) is 3.23. The summed E-state index contributed by atoms with van der Waals surface area (Å²) in [6.45, 7) is 3.64. The molecule has 1 aliphatic heterocycles. The van der Waals surface area contributed by atoms with Gasteiger partial charge in [-0.1, -0.05) is 0 Å². The number of imidazole rings is 1. The molecule has 4 rings (SSSR count). The molecule has 0 aromatic carbocycles. The maximum absolute atomic E-state index is 13.7. The van der Waals surface area contributed by atoms with Gasteiger partial charge in [-0.3, -0.25) is 4.90 Å². The summed E-state index contributed by atoms with van der Waals surface area (Å²) in [5.74, 6) is -0.167. The van der Waals surface area contributed by atoms with Crippen LogP contribution in [0.5, 0.6) is 5.88 Å². The molecule has 6 nitrogen and oxygen atoms in total. The minimum atomic E-state index is -0.431. The van der Waals surface area contributed by atoms with Gasteiger partial charge in [0.05, 0.1) is 25.2 Å². The topological polar surface area (TPSA) is 56.1 Å². The van der Waals surface area contributed by atoms with Crippen LogP contribution in [0.1, 0.15) is 10.7 Å². The standard InChI is InChI=1S/C17H18FN5OS/c18-15-2-1-3-21-17(15)24-11-13-7-22(10-16-20-4-5-25-16)9-14-6-19-12-23(14)8-13/h1-6,12-13H,7-11H2/t13-/m1/s1. The predicted octanol–water partition coefficient (Wildman–Crippen LogP) is 2.58. The van der Waals surface area contributed by atoms with Crippen LogP contribution in [0.15, 0.2) is 42.4 Å². The normalized spacial score (nSPS) is 17.9. The van der Waals surface area contributed by atoms with Crippen molar-refractivity contribution in [2.75, 3.05) is 13.2 Å². The van der Waals surface area contributed by atoms with Gasteiger partial charge in [-0.25, -0.2) is 19.3 Å². The van der Waals surface area contributed by atoms with Crippen molar-refractivity contribution in [1.82, 2.24) is 24.4 Å². The Hall–Kier alpha value is -2.32. The molecule has 8 heteroatoms. The number of thiazole rings is 1. The molecule has 1 aliphatic rings. The highest BCUT2D eigenvalue weighted by Gasteiger charge is 2.23. The Morgan fingerprint density at radius 2 is 2.24 bits per heavy atom. The molecule has 0 spiro atoms. The van der Waals surface area contributed by atoms with E-state index < -0.39 is 5.82 Å². The van der Waals surface area contributed by atoms with Gasteiger partial charge < -0.3 is 9.30 Å². The van der Waals surface area contributed by atoms with Gasteiger partial charge in [-0.2, -0.15) is 0 Å². The fraction of sp³-hybridized carbons (Fsp3) is 0.353. The second kappa shape index (κ2) is 7.28. The smallest absolute Gasteiger partial charge is 0.250 e. The summed E-state index contributed by atoms with van der Waals surface area (Å²) in [6.07, 6.45) is 7.11. The Bertz CT molecular complexity index is 822. The number of hydrogen-bond acceptors (Lipinski definition) is 6. The van der Waals surface area contributed by atoms with Gasteiger partial charge in [0.25, 0.3) is 0 Å². The van der Waals surface area contributed by atoms with Crippen molar-refractivity contribution in [1.29, 1.82) is 0 Å². The molecule has 1 atom stereocenters. The third kappa shape index (κ3) is 3.85. The molecule has 0 radical (unpaired) electrons. The van der Waals surface area contributed by atoms with Gasteiger partial charge in [0, 0.05) is 49.5 Å². The van der Waals surface area contributed by atoms with E-state index in [4.69, 9.17) is 4.74 Å². The van der Waals surface area contributed by atoms with Crippen LogP contribution in [0.2, 0.25) is 0 Å². The number of rotatable bonds is 5. The zero-order valence-corrected chi connectivity index (χ0v) is 14.4. The molecule has 0 saturated heterocycles. The summed E-state index contributed by atoms with van der Waals surface area (Å²) in [6, 6.07) is 2.92. The van der Waals surface area contributed by atoms with Crippen LogP contribution < -0.4 is 4.74 Å². The number of nitrogens with zero attached hydrogens (tertiary/aromatic N) is 5. The van der Waals surface area contributed by atoms with Gasteiger partial charge in [0.15, 0.2) is 5.82 Å². The van der Waals surface area contributed by atoms with Gasteiger partial charge >= 0.3 is 0 Å². The minimum Gasteiger partial charge on any atom is -0.475 e. The molecule has 4 heterocycles. The van der Waals surface area contributed by atoms with E-state index >= 15 is 0 Å². The van der Waals surface area contributed by atoms with Gasteiger partial charge in [-0.15, -0.1) is 11.3 Å². The first-order chi connectivity index (χ1) is 12.3. The van der Waals surface area contributed by atoms with Crippen LogP contribution in [0, 0.1) is 11.7 Å². The van der Waals surface area contributed by atoms with Crippen molar-refractivity contribution in [3.8, 4) is 5.88 Å². The first-order valence-corrected chi connectivity index (χ1v) is 8.99. The van der Waals surface area contributed by atoms with Crippen molar-refractivity contribution in [3.05, 3.63) is 58.9 Å². The molecule has 25 heavy (non-hydrogen) atoms. The second-order valence-corrected chi connectivity index (χ2v) is 7.08. The van der Waals surface area contributed by atoms with Crippen LogP contribution in [0.4, 0.5) is 4.39 Å². The summed E-state index contributed by atoms with van der Waals surface area (Å²) in [5.41, 5.74) is 1.17. The highest BCUT2D eigenvalue weighted by Crippen LogP contribution is 2.20. The van der Waals surface area contributed by atoms with E-state index in [0.29, 0.717) is 6.61 Å². The summed E-state index contributed by atoms with van der Waals surface area (Å²) >= 11 is 1.65. The molecule has 0 unspecified atom stereocenters. The molecule has 0 bridgehead atoms. The molecule has 0 aliphatic carbocycles. The number of pyridine rings is 1. The fourth-order valence-electron chi connectivity index (χ4n) is 3.06. The van der Waals surface area contributed by atoms with E-state index in [1.807, 2.05) is 24.1 Å². The Morgan fingerprint density at radius 1 is 1.28 bits per heavy atom. The lowest BCUT2D eigenvalue weighted by Gasteiger charge is -2.23. The SMILES string of the molecule is Fc1cccnc1OC[C@@H]1CN(Cc2nccs2)Cc2cncn2C1. The predicted molar refractivity (Wildman–Crippen MR) is 91.6 cm³/mol. The van der Waals surface area contributed by atoms with E-state index in [1.54, 1.807) is 17.4 Å². The van der Waals surface area contributed by atoms with Gasteiger partial charge in [0.2, 0.25) is 5.88 Å². The number of fused-ring (bicyclic) bond motifs is 1. The van der Waals surface area contributed by atoms with Gasteiger partial charge in [-0.05, 0) is 12.1 Å². The molecule has 0 saturated carbocycles. The highest BCUT2D eigenvalue weighted by molar-refractivity contribution is 7.09. The van der Waals surface area contributed by atoms with Crippen LogP contribution >= 0.6 is 11.3 Å². The Balaban J connectivity index is 1.47. The van der Waals surface area contributed by atoms with Crippen molar-refractivity contribution in [2.24, 2.45) is 5.92 Å². The molecule has 0 amide bonds. The Kier molecular flexibility index (Phi) is 4.71. The number of hydrogen-bond donors (Lipinski definition) is 0. The molecule has 130 valence electrons. The van der Waals surface area contributed by atoms with Crippen molar-refractivity contribution < 1.29 is 9.13 Å².